The topological polar surface area (TPSA) is 66.9 Å². The number of rotatable bonds is 3. The normalized spacial score (nSPS) is 27.1. The summed E-state index contributed by atoms with van der Waals surface area (Å²) in [5.74, 6) is -0.139. The number of carbonyl (C=O) groups is 1. The number of hydrogen-bond acceptors (Lipinski definition) is 5. The van der Waals surface area contributed by atoms with E-state index in [0.29, 0.717) is 32.0 Å². The predicted octanol–water partition coefficient (Wildman–Crippen LogP) is 1.06. The van der Waals surface area contributed by atoms with Crippen LogP contribution in [0.5, 0.6) is 0 Å². The highest BCUT2D eigenvalue weighted by atomic mass is 32.2. The summed E-state index contributed by atoms with van der Waals surface area (Å²) in [5.41, 5.74) is 0. The summed E-state index contributed by atoms with van der Waals surface area (Å²) in [6.45, 7) is 5.01. The van der Waals surface area contributed by atoms with Crippen LogP contribution < -0.4 is 0 Å². The van der Waals surface area contributed by atoms with Crippen molar-refractivity contribution in [1.29, 1.82) is 0 Å². The van der Waals surface area contributed by atoms with Crippen LogP contribution in [0.15, 0.2) is 0 Å². The molecule has 2 aliphatic heterocycles. The lowest BCUT2D eigenvalue weighted by molar-refractivity contribution is -0.135. The largest absolute Gasteiger partial charge is 0.380 e. The van der Waals surface area contributed by atoms with Crippen molar-refractivity contribution in [3.8, 4) is 0 Å². The van der Waals surface area contributed by atoms with Crippen LogP contribution in [0.25, 0.3) is 0 Å². The summed E-state index contributed by atoms with van der Waals surface area (Å²) < 4.78 is 29.0. The highest BCUT2D eigenvalue weighted by Gasteiger charge is 2.52. The van der Waals surface area contributed by atoms with Gasteiger partial charge in [-0.05, 0) is 32.1 Å². The smallest absolute Gasteiger partial charge is 0.244 e. The molecule has 6 nitrogen and oxygen atoms in total. The van der Waals surface area contributed by atoms with Crippen molar-refractivity contribution >= 4 is 15.7 Å². The second-order valence-electron chi connectivity index (χ2n) is 7.50. The van der Waals surface area contributed by atoms with Gasteiger partial charge in [-0.3, -0.25) is 9.69 Å². The van der Waals surface area contributed by atoms with Gasteiger partial charge in [0.05, 0.1) is 6.61 Å². The third-order valence-corrected chi connectivity index (χ3v) is 8.04. The number of sulfone groups is 1. The number of carbonyl (C=O) groups excluding carboxylic acids is 1. The Bertz CT molecular complexity index is 541. The zero-order valence-corrected chi connectivity index (χ0v) is 15.5. The summed E-state index contributed by atoms with van der Waals surface area (Å²) in [5, 5.41) is 0. The van der Waals surface area contributed by atoms with Gasteiger partial charge in [0.25, 0.3) is 0 Å². The van der Waals surface area contributed by atoms with Crippen LogP contribution >= 0.6 is 0 Å². The number of amides is 1. The molecule has 0 bridgehead atoms. The number of hydrogen-bond donors (Lipinski definition) is 0. The van der Waals surface area contributed by atoms with Crippen LogP contribution in [0.4, 0.5) is 0 Å². The van der Waals surface area contributed by atoms with Crippen LogP contribution in [0.2, 0.25) is 0 Å². The SMILES string of the molecule is CS(=O)(=O)C1(C(=O)N2CCC(N3CCCOCC3)CC2)CCCC1. The van der Waals surface area contributed by atoms with Gasteiger partial charge in [-0.15, -0.1) is 0 Å². The van der Waals surface area contributed by atoms with Gasteiger partial charge in [0.2, 0.25) is 5.91 Å². The average Bonchev–Trinajstić information content (AvgIpc) is 2.92. The second kappa shape index (κ2) is 7.30. The first kappa shape index (κ1) is 18.1. The van der Waals surface area contributed by atoms with Crippen molar-refractivity contribution < 1.29 is 17.9 Å². The minimum Gasteiger partial charge on any atom is -0.380 e. The molecule has 0 atom stereocenters. The van der Waals surface area contributed by atoms with Gasteiger partial charge >= 0.3 is 0 Å². The van der Waals surface area contributed by atoms with Crippen molar-refractivity contribution in [3.63, 3.8) is 0 Å². The zero-order valence-electron chi connectivity index (χ0n) is 14.7. The lowest BCUT2D eigenvalue weighted by Crippen LogP contribution is -2.55. The molecule has 0 aromatic rings. The number of ether oxygens (including phenoxy) is 1. The van der Waals surface area contributed by atoms with E-state index in [9.17, 15) is 13.2 Å². The van der Waals surface area contributed by atoms with Gasteiger partial charge in [0, 0.05) is 45.1 Å². The van der Waals surface area contributed by atoms with Crippen molar-refractivity contribution in [2.45, 2.75) is 55.7 Å². The van der Waals surface area contributed by atoms with E-state index in [1.165, 1.54) is 6.26 Å². The standard InChI is InChI=1S/C17H30N2O4S/c1-24(21,22)17(7-2-3-8-17)16(20)19-10-5-15(6-11-19)18-9-4-13-23-14-12-18/h15H,2-14H2,1H3. The van der Waals surface area contributed by atoms with Gasteiger partial charge in [-0.25, -0.2) is 8.42 Å². The Morgan fingerprint density at radius 2 is 1.67 bits per heavy atom. The quantitative estimate of drug-likeness (QED) is 0.755. The molecule has 0 aromatic heterocycles. The fourth-order valence-electron chi connectivity index (χ4n) is 4.54. The van der Waals surface area contributed by atoms with E-state index in [1.54, 1.807) is 0 Å². The lowest BCUT2D eigenvalue weighted by atomic mass is 9.99. The summed E-state index contributed by atoms with van der Waals surface area (Å²) >= 11 is 0. The molecule has 0 spiro atoms. The Hall–Kier alpha value is -0.660. The number of likely N-dealkylation sites (tertiary alicyclic amines) is 1. The van der Waals surface area contributed by atoms with E-state index in [-0.39, 0.29) is 5.91 Å². The Morgan fingerprint density at radius 3 is 2.29 bits per heavy atom. The van der Waals surface area contributed by atoms with Crippen molar-refractivity contribution in [1.82, 2.24) is 9.80 Å². The molecule has 2 heterocycles. The Kier molecular flexibility index (Phi) is 5.52. The summed E-state index contributed by atoms with van der Waals surface area (Å²) in [6, 6.07) is 0.494. The molecule has 0 aromatic carbocycles. The average molecular weight is 359 g/mol. The molecule has 7 heteroatoms. The maximum absolute atomic E-state index is 13.0. The highest BCUT2D eigenvalue weighted by Crippen LogP contribution is 2.38. The van der Waals surface area contributed by atoms with Crippen molar-refractivity contribution in [3.05, 3.63) is 0 Å². The van der Waals surface area contributed by atoms with Crippen LogP contribution in [-0.4, -0.2) is 80.6 Å². The van der Waals surface area contributed by atoms with E-state index >= 15 is 0 Å². The molecule has 3 rings (SSSR count). The molecular formula is C17H30N2O4S. The Balaban J connectivity index is 1.62. The van der Waals surface area contributed by atoms with Crippen LogP contribution in [-0.2, 0) is 19.4 Å². The third kappa shape index (κ3) is 3.48. The molecule has 3 fully saturated rings. The van der Waals surface area contributed by atoms with Crippen LogP contribution in [0.1, 0.15) is 44.9 Å². The maximum atomic E-state index is 13.0. The molecule has 0 unspecified atom stereocenters. The molecule has 24 heavy (non-hydrogen) atoms. The second-order valence-corrected chi connectivity index (χ2v) is 9.82. The molecule has 0 radical (unpaired) electrons. The Morgan fingerprint density at radius 1 is 1.00 bits per heavy atom. The van der Waals surface area contributed by atoms with Gasteiger partial charge in [-0.2, -0.15) is 0 Å². The third-order valence-electron chi connectivity index (χ3n) is 6.04. The fourth-order valence-corrected chi connectivity index (χ4v) is 6.02. The predicted molar refractivity (Wildman–Crippen MR) is 92.7 cm³/mol. The summed E-state index contributed by atoms with van der Waals surface area (Å²) in [4.78, 5) is 17.3. The minimum absolute atomic E-state index is 0.139. The van der Waals surface area contributed by atoms with E-state index in [0.717, 1.165) is 58.4 Å². The molecule has 1 amide bonds. The minimum atomic E-state index is -3.37. The first-order chi connectivity index (χ1) is 11.4. The first-order valence-electron chi connectivity index (χ1n) is 9.25. The first-order valence-corrected chi connectivity index (χ1v) is 11.1. The maximum Gasteiger partial charge on any atom is 0.244 e. The van der Waals surface area contributed by atoms with Crippen LogP contribution in [0.3, 0.4) is 0 Å². The number of piperidine rings is 1. The van der Waals surface area contributed by atoms with Crippen LogP contribution in [0, 0.1) is 0 Å². The lowest BCUT2D eigenvalue weighted by Gasteiger charge is -2.40. The molecule has 3 aliphatic rings. The monoisotopic (exact) mass is 358 g/mol. The van der Waals surface area contributed by atoms with Gasteiger partial charge in [0.1, 0.15) is 0 Å². The molecule has 1 saturated carbocycles. The van der Waals surface area contributed by atoms with Crippen molar-refractivity contribution in [2.24, 2.45) is 0 Å². The molecule has 1 aliphatic carbocycles. The number of nitrogens with zero attached hydrogens (tertiary/aromatic N) is 2. The van der Waals surface area contributed by atoms with Gasteiger partial charge in [0.15, 0.2) is 14.6 Å². The molecular weight excluding hydrogens is 328 g/mol. The zero-order chi connectivity index (χ0) is 17.2. The highest BCUT2D eigenvalue weighted by molar-refractivity contribution is 7.92. The van der Waals surface area contributed by atoms with E-state index in [2.05, 4.69) is 4.90 Å². The Labute approximate surface area is 145 Å². The van der Waals surface area contributed by atoms with E-state index < -0.39 is 14.6 Å². The summed E-state index contributed by atoms with van der Waals surface area (Å²) in [7, 11) is -3.37. The molecule has 2 saturated heterocycles. The molecule has 0 N–H and O–H groups in total. The van der Waals surface area contributed by atoms with Gasteiger partial charge in [-0.1, -0.05) is 12.8 Å². The van der Waals surface area contributed by atoms with Crippen molar-refractivity contribution in [2.75, 3.05) is 45.6 Å². The molecule has 138 valence electrons. The van der Waals surface area contributed by atoms with E-state index in [4.69, 9.17) is 4.74 Å². The summed E-state index contributed by atoms with van der Waals surface area (Å²) in [6.07, 6.45) is 6.84. The fraction of sp³-hybridized carbons (Fsp3) is 0.941. The van der Waals surface area contributed by atoms with E-state index in [1.807, 2.05) is 4.90 Å². The van der Waals surface area contributed by atoms with Gasteiger partial charge < -0.3 is 9.64 Å².